The second kappa shape index (κ2) is 6.37. The molecule has 1 N–H and O–H groups in total. The Bertz CT molecular complexity index is 208. The molecule has 2 nitrogen and oxygen atoms in total. The van der Waals surface area contributed by atoms with Gasteiger partial charge in [0.25, 0.3) is 0 Å². The van der Waals surface area contributed by atoms with Gasteiger partial charge in [-0.1, -0.05) is 26.7 Å². The largest absolute Gasteiger partial charge is 0.353 e. The fourth-order valence-electron chi connectivity index (χ4n) is 2.09. The molecule has 0 aromatic rings. The number of rotatable bonds is 4. The first kappa shape index (κ1) is 12.8. The van der Waals surface area contributed by atoms with Crippen LogP contribution in [-0.4, -0.2) is 17.8 Å². The third-order valence-corrected chi connectivity index (χ3v) is 3.89. The Morgan fingerprint density at radius 1 is 1.47 bits per heavy atom. The second-order valence-electron chi connectivity index (χ2n) is 4.62. The van der Waals surface area contributed by atoms with E-state index in [9.17, 15) is 4.79 Å². The van der Waals surface area contributed by atoms with Crippen LogP contribution in [0.1, 0.15) is 46.0 Å². The fourth-order valence-corrected chi connectivity index (χ4v) is 2.46. The molecule has 0 aromatic carbocycles. The molecule has 0 saturated heterocycles. The number of alkyl halides is 1. The molecule has 1 rings (SSSR count). The van der Waals surface area contributed by atoms with Gasteiger partial charge < -0.3 is 5.32 Å². The first-order valence-electron chi connectivity index (χ1n) is 6.05. The lowest BCUT2D eigenvalue weighted by Gasteiger charge is -2.31. The SMILES string of the molecule is CCC(C)C(=O)NC1CCCCC1CCl. The summed E-state index contributed by atoms with van der Waals surface area (Å²) >= 11 is 5.92. The van der Waals surface area contributed by atoms with Crippen molar-refractivity contribution in [3.05, 3.63) is 0 Å². The van der Waals surface area contributed by atoms with Crippen molar-refractivity contribution in [1.82, 2.24) is 5.32 Å². The molecule has 1 saturated carbocycles. The van der Waals surface area contributed by atoms with E-state index in [1.165, 1.54) is 12.8 Å². The van der Waals surface area contributed by atoms with Crippen LogP contribution in [0.25, 0.3) is 0 Å². The minimum absolute atomic E-state index is 0.128. The summed E-state index contributed by atoms with van der Waals surface area (Å²) in [5.74, 6) is 1.47. The monoisotopic (exact) mass is 231 g/mol. The molecule has 0 aliphatic heterocycles. The fraction of sp³-hybridized carbons (Fsp3) is 0.917. The summed E-state index contributed by atoms with van der Waals surface area (Å²) in [5, 5.41) is 3.15. The quantitative estimate of drug-likeness (QED) is 0.741. The highest BCUT2D eigenvalue weighted by Crippen LogP contribution is 2.25. The molecule has 1 aliphatic rings. The van der Waals surface area contributed by atoms with Gasteiger partial charge in [0.1, 0.15) is 0 Å². The molecule has 0 spiro atoms. The Morgan fingerprint density at radius 3 is 2.73 bits per heavy atom. The van der Waals surface area contributed by atoms with E-state index in [0.29, 0.717) is 17.8 Å². The molecule has 3 heteroatoms. The van der Waals surface area contributed by atoms with Gasteiger partial charge in [-0.3, -0.25) is 4.79 Å². The predicted molar refractivity (Wildman–Crippen MR) is 64.1 cm³/mol. The van der Waals surface area contributed by atoms with E-state index in [1.807, 2.05) is 13.8 Å². The van der Waals surface area contributed by atoms with Crippen molar-refractivity contribution in [2.24, 2.45) is 11.8 Å². The Labute approximate surface area is 97.8 Å². The van der Waals surface area contributed by atoms with Crippen LogP contribution in [0.15, 0.2) is 0 Å². The number of hydrogen-bond donors (Lipinski definition) is 1. The first-order chi connectivity index (χ1) is 7.19. The van der Waals surface area contributed by atoms with Crippen molar-refractivity contribution in [1.29, 1.82) is 0 Å². The summed E-state index contributed by atoms with van der Waals surface area (Å²) in [4.78, 5) is 11.7. The van der Waals surface area contributed by atoms with Crippen LogP contribution >= 0.6 is 11.6 Å². The zero-order chi connectivity index (χ0) is 11.3. The lowest BCUT2D eigenvalue weighted by atomic mass is 9.85. The highest BCUT2D eigenvalue weighted by Gasteiger charge is 2.26. The van der Waals surface area contributed by atoms with Gasteiger partial charge in [-0.15, -0.1) is 11.6 Å². The molecule has 3 atom stereocenters. The topological polar surface area (TPSA) is 29.1 Å². The molecule has 15 heavy (non-hydrogen) atoms. The molecule has 3 unspecified atom stereocenters. The van der Waals surface area contributed by atoms with E-state index >= 15 is 0 Å². The van der Waals surface area contributed by atoms with Gasteiger partial charge in [-0.05, 0) is 25.2 Å². The third kappa shape index (κ3) is 3.67. The molecule has 1 amide bonds. The van der Waals surface area contributed by atoms with Crippen LogP contribution in [0, 0.1) is 11.8 Å². The average molecular weight is 232 g/mol. The molecular formula is C12H22ClNO. The predicted octanol–water partition coefficient (Wildman–Crippen LogP) is 2.95. The van der Waals surface area contributed by atoms with Crippen molar-refractivity contribution >= 4 is 17.5 Å². The molecule has 88 valence electrons. The van der Waals surface area contributed by atoms with Gasteiger partial charge in [-0.25, -0.2) is 0 Å². The lowest BCUT2D eigenvalue weighted by molar-refractivity contribution is -0.125. The van der Waals surface area contributed by atoms with Crippen molar-refractivity contribution in [3.63, 3.8) is 0 Å². The maximum Gasteiger partial charge on any atom is 0.223 e. The number of nitrogens with one attached hydrogen (secondary N) is 1. The van der Waals surface area contributed by atoms with Gasteiger partial charge in [-0.2, -0.15) is 0 Å². The third-order valence-electron chi connectivity index (χ3n) is 3.49. The number of halogens is 1. The molecule has 0 bridgehead atoms. The van der Waals surface area contributed by atoms with E-state index in [-0.39, 0.29) is 11.8 Å². The summed E-state index contributed by atoms with van der Waals surface area (Å²) < 4.78 is 0. The van der Waals surface area contributed by atoms with E-state index in [0.717, 1.165) is 19.3 Å². The Morgan fingerprint density at radius 2 is 2.13 bits per heavy atom. The summed E-state index contributed by atoms with van der Waals surface area (Å²) in [6.07, 6.45) is 5.64. The van der Waals surface area contributed by atoms with Gasteiger partial charge in [0.15, 0.2) is 0 Å². The average Bonchev–Trinajstić information content (AvgIpc) is 2.28. The van der Waals surface area contributed by atoms with Crippen LogP contribution < -0.4 is 5.32 Å². The smallest absolute Gasteiger partial charge is 0.223 e. The summed E-state index contributed by atoms with van der Waals surface area (Å²) in [5.41, 5.74) is 0. The van der Waals surface area contributed by atoms with Crippen LogP contribution in [-0.2, 0) is 4.79 Å². The molecular weight excluding hydrogens is 210 g/mol. The summed E-state index contributed by atoms with van der Waals surface area (Å²) in [6, 6.07) is 0.317. The summed E-state index contributed by atoms with van der Waals surface area (Å²) in [7, 11) is 0. The highest BCUT2D eigenvalue weighted by molar-refractivity contribution is 6.18. The van der Waals surface area contributed by atoms with Crippen LogP contribution in [0.5, 0.6) is 0 Å². The highest BCUT2D eigenvalue weighted by atomic mass is 35.5. The van der Waals surface area contributed by atoms with E-state index in [4.69, 9.17) is 11.6 Å². The van der Waals surface area contributed by atoms with Crippen molar-refractivity contribution in [2.75, 3.05) is 5.88 Å². The number of carbonyl (C=O) groups is 1. The first-order valence-corrected chi connectivity index (χ1v) is 6.58. The van der Waals surface area contributed by atoms with Crippen molar-refractivity contribution in [2.45, 2.75) is 52.0 Å². The Balaban J connectivity index is 2.44. The maximum absolute atomic E-state index is 11.7. The number of amides is 1. The zero-order valence-electron chi connectivity index (χ0n) is 9.76. The maximum atomic E-state index is 11.7. The molecule has 0 radical (unpaired) electrons. The minimum Gasteiger partial charge on any atom is -0.353 e. The van der Waals surface area contributed by atoms with Crippen LogP contribution in [0.2, 0.25) is 0 Å². The molecule has 1 aliphatic carbocycles. The normalized spacial score (nSPS) is 28.5. The van der Waals surface area contributed by atoms with Crippen molar-refractivity contribution < 1.29 is 4.79 Å². The zero-order valence-corrected chi connectivity index (χ0v) is 10.5. The van der Waals surface area contributed by atoms with Gasteiger partial charge in [0.05, 0.1) is 0 Å². The van der Waals surface area contributed by atoms with Crippen LogP contribution in [0.4, 0.5) is 0 Å². The second-order valence-corrected chi connectivity index (χ2v) is 4.93. The van der Waals surface area contributed by atoms with Crippen molar-refractivity contribution in [3.8, 4) is 0 Å². The van der Waals surface area contributed by atoms with E-state index in [1.54, 1.807) is 0 Å². The molecule has 0 heterocycles. The molecule has 1 fully saturated rings. The number of carbonyl (C=O) groups excluding carboxylic acids is 1. The number of hydrogen-bond acceptors (Lipinski definition) is 1. The Hall–Kier alpha value is -0.240. The van der Waals surface area contributed by atoms with Gasteiger partial charge >= 0.3 is 0 Å². The van der Waals surface area contributed by atoms with E-state index in [2.05, 4.69) is 5.32 Å². The Kier molecular flexibility index (Phi) is 5.44. The standard InChI is InChI=1S/C12H22ClNO/c1-3-9(2)12(15)14-11-7-5-4-6-10(11)8-13/h9-11H,3-8H2,1-2H3,(H,14,15). The van der Waals surface area contributed by atoms with Crippen LogP contribution in [0.3, 0.4) is 0 Å². The molecule has 0 aromatic heterocycles. The summed E-state index contributed by atoms with van der Waals surface area (Å²) in [6.45, 7) is 4.03. The van der Waals surface area contributed by atoms with Gasteiger partial charge in [0.2, 0.25) is 5.91 Å². The minimum atomic E-state index is 0.128. The van der Waals surface area contributed by atoms with Gasteiger partial charge in [0, 0.05) is 17.8 Å². The van der Waals surface area contributed by atoms with E-state index < -0.39 is 0 Å². The lowest BCUT2D eigenvalue weighted by Crippen LogP contribution is -2.44.